The molecule has 66 heavy (non-hydrogen) atoms. The number of unbranched alkanes of at least 4 members (excludes halogenated alkanes) is 7. The van der Waals surface area contributed by atoms with Crippen LogP contribution in [-0.4, -0.2) is 96.9 Å². The van der Waals surface area contributed by atoms with Gasteiger partial charge in [-0.2, -0.15) is 9.29 Å². The van der Waals surface area contributed by atoms with Gasteiger partial charge in [-0.15, -0.1) is 0 Å². The van der Waals surface area contributed by atoms with Crippen molar-refractivity contribution in [1.82, 2.24) is 9.55 Å². The van der Waals surface area contributed by atoms with Crippen molar-refractivity contribution in [2.45, 2.75) is 160 Å². The zero-order chi connectivity index (χ0) is 48.8. The van der Waals surface area contributed by atoms with Crippen LogP contribution in [0.1, 0.15) is 130 Å². The molecule has 374 valence electrons. The van der Waals surface area contributed by atoms with Crippen molar-refractivity contribution in [1.29, 1.82) is 0 Å². The second-order valence-electron chi connectivity index (χ2n) is 16.2. The summed E-state index contributed by atoms with van der Waals surface area (Å²) >= 11 is 0. The normalized spacial score (nSPS) is 20.8. The molecule has 0 radical (unpaired) electrons. The lowest BCUT2D eigenvalue weighted by atomic mass is 10.0. The predicted molar refractivity (Wildman–Crippen MR) is 248 cm³/mol. The number of anilines is 1. The Balaban J connectivity index is 1.86. The van der Waals surface area contributed by atoms with Crippen LogP contribution >= 0.6 is 15.6 Å². The fourth-order valence-electron chi connectivity index (χ4n) is 6.32. The van der Waals surface area contributed by atoms with Crippen LogP contribution in [0, 0.1) is 5.92 Å². The first-order valence-electron chi connectivity index (χ1n) is 22.8. The Morgan fingerprint density at radius 2 is 1.50 bits per heavy atom. The molecule has 21 heteroatoms. The van der Waals surface area contributed by atoms with Gasteiger partial charge >= 0.3 is 33.3 Å². The summed E-state index contributed by atoms with van der Waals surface area (Å²) in [6, 6.07) is 1.24. The van der Waals surface area contributed by atoms with Gasteiger partial charge in [0.1, 0.15) is 30.7 Å². The fraction of sp³-hybridized carbons (Fsp3) is 0.644. The van der Waals surface area contributed by atoms with Gasteiger partial charge in [-0.1, -0.05) is 126 Å². The third kappa shape index (κ3) is 26.7. The number of aromatic nitrogens is 2. The van der Waals surface area contributed by atoms with Crippen molar-refractivity contribution < 1.29 is 71.4 Å². The Kier molecular flexibility index (Phi) is 29.3. The highest BCUT2D eigenvalue weighted by atomic mass is 31.3. The molecule has 1 aromatic rings. The van der Waals surface area contributed by atoms with E-state index < -0.39 is 89.8 Å². The number of allylic oxidation sites excluding steroid dienone is 8. The van der Waals surface area contributed by atoms with E-state index in [0.29, 0.717) is 38.0 Å². The summed E-state index contributed by atoms with van der Waals surface area (Å²) in [7, 11) is -10.9. The van der Waals surface area contributed by atoms with Crippen molar-refractivity contribution in [3.05, 3.63) is 83.5 Å². The second kappa shape index (κ2) is 33.0. The number of hydrogen-bond donors (Lipinski definition) is 6. The molecule has 3 unspecified atom stereocenters. The molecule has 19 nitrogen and oxygen atoms in total. The fourth-order valence-corrected chi connectivity index (χ4v) is 8.43. The molecule has 0 saturated carbocycles. The molecule has 7 N–H and O–H groups in total. The first-order valence-corrected chi connectivity index (χ1v) is 25.8. The lowest BCUT2D eigenvalue weighted by molar-refractivity contribution is -0.161. The molecule has 0 amide bonds. The molecule has 1 saturated heterocycles. The van der Waals surface area contributed by atoms with Crippen molar-refractivity contribution >= 4 is 33.4 Å². The Hall–Kier alpha value is -3.58. The van der Waals surface area contributed by atoms with E-state index in [4.69, 9.17) is 29.0 Å². The molecule has 8 atom stereocenters. The van der Waals surface area contributed by atoms with Crippen LogP contribution in [0.5, 0.6) is 0 Å². The average Bonchev–Trinajstić information content (AvgIpc) is 3.53. The van der Waals surface area contributed by atoms with E-state index in [1.54, 1.807) is 12.2 Å². The Bertz CT molecular complexity index is 1870. The van der Waals surface area contributed by atoms with Gasteiger partial charge in [-0.3, -0.25) is 23.2 Å². The van der Waals surface area contributed by atoms with E-state index in [1.165, 1.54) is 18.9 Å². The van der Waals surface area contributed by atoms with Gasteiger partial charge in [-0.25, -0.2) is 13.9 Å². The lowest BCUT2D eigenvalue weighted by Crippen LogP contribution is -2.36. The molecule has 1 fully saturated rings. The second-order valence-corrected chi connectivity index (χ2v) is 19.2. The van der Waals surface area contributed by atoms with E-state index in [-0.39, 0.29) is 18.7 Å². The molecule has 2 heterocycles. The highest BCUT2D eigenvalue weighted by Gasteiger charge is 2.46. The minimum absolute atomic E-state index is 0.0144. The number of nitrogens with zero attached hydrogens (tertiary/aromatic N) is 2. The molecule has 2 rings (SSSR count). The molecular weight excluding hydrogens is 900 g/mol. The molecular formula is C45H73N3O16P2. The van der Waals surface area contributed by atoms with Crippen molar-refractivity contribution in [2.24, 2.45) is 5.92 Å². The highest BCUT2D eigenvalue weighted by Crippen LogP contribution is 2.60. The summed E-state index contributed by atoms with van der Waals surface area (Å²) in [6.45, 7) is 4.07. The monoisotopic (exact) mass is 973 g/mol. The first kappa shape index (κ1) is 58.5. The Morgan fingerprint density at radius 1 is 0.848 bits per heavy atom. The molecule has 0 bridgehead atoms. The number of aliphatic hydroxyl groups excluding tert-OH is 3. The number of phosphoric ester groups is 2. The Morgan fingerprint density at radius 3 is 2.21 bits per heavy atom. The van der Waals surface area contributed by atoms with Crippen LogP contribution in [0.2, 0.25) is 0 Å². The average molecular weight is 974 g/mol. The predicted octanol–water partition coefficient (Wildman–Crippen LogP) is 7.21. The zero-order valence-corrected chi connectivity index (χ0v) is 40.3. The number of carbonyl (C=O) groups is 2. The molecule has 1 aliphatic rings. The summed E-state index contributed by atoms with van der Waals surface area (Å²) in [5.41, 5.74) is 4.56. The van der Waals surface area contributed by atoms with Gasteiger partial charge in [0.15, 0.2) is 12.3 Å². The largest absolute Gasteiger partial charge is 0.481 e. The summed E-state index contributed by atoms with van der Waals surface area (Å²) < 4.78 is 56.4. The van der Waals surface area contributed by atoms with E-state index in [9.17, 15) is 48.6 Å². The van der Waals surface area contributed by atoms with E-state index >= 15 is 0 Å². The van der Waals surface area contributed by atoms with Crippen molar-refractivity contribution in [2.75, 3.05) is 25.6 Å². The SMILES string of the molecule is CC/C=C\C/C=C\CC(O)/C=C/C=C\C/C=C\CCCC(=O)OC[C@H](COP(=O)(O)OP(=O)(O)OC[C@H]1O[C@@H](n2ccc(N)nc2=O)[C@H](O)[C@@H]1O)OC(=O)CCCCCCCCCC(C)C. The van der Waals surface area contributed by atoms with Crippen molar-refractivity contribution in [3.8, 4) is 0 Å². The van der Waals surface area contributed by atoms with Crippen LogP contribution in [0.4, 0.5) is 5.82 Å². The van der Waals surface area contributed by atoms with Crippen LogP contribution in [0.3, 0.4) is 0 Å². The minimum atomic E-state index is -5.44. The molecule has 1 aromatic heterocycles. The maximum absolute atomic E-state index is 12.8. The van der Waals surface area contributed by atoms with Crippen LogP contribution in [0.15, 0.2) is 77.8 Å². The van der Waals surface area contributed by atoms with Gasteiger partial charge in [0.05, 0.1) is 19.3 Å². The lowest BCUT2D eigenvalue weighted by Gasteiger charge is -2.21. The summed E-state index contributed by atoms with van der Waals surface area (Å²) in [5, 5.41) is 30.9. The maximum Gasteiger partial charge on any atom is 0.481 e. The molecule has 1 aliphatic heterocycles. The number of rotatable bonds is 35. The smallest absolute Gasteiger partial charge is 0.462 e. The number of hydrogen-bond acceptors (Lipinski definition) is 16. The van der Waals surface area contributed by atoms with Gasteiger partial charge < -0.3 is 45.1 Å². The van der Waals surface area contributed by atoms with Crippen molar-refractivity contribution in [3.63, 3.8) is 0 Å². The van der Waals surface area contributed by atoms with Gasteiger partial charge in [0.25, 0.3) is 0 Å². The number of esters is 2. The van der Waals surface area contributed by atoms with Gasteiger partial charge in [0.2, 0.25) is 0 Å². The number of aliphatic hydroxyl groups is 3. The zero-order valence-electron chi connectivity index (χ0n) is 38.5. The maximum atomic E-state index is 12.8. The topological polar surface area (TPSA) is 286 Å². The molecule has 0 aromatic carbocycles. The number of nitrogens with two attached hydrogens (primary N) is 1. The number of phosphoric acid groups is 2. The van der Waals surface area contributed by atoms with Crippen LogP contribution in [0.25, 0.3) is 0 Å². The van der Waals surface area contributed by atoms with E-state index in [0.717, 1.165) is 55.7 Å². The molecule has 0 spiro atoms. The number of carbonyl (C=O) groups excluding carboxylic acids is 2. The summed E-state index contributed by atoms with van der Waals surface area (Å²) in [6.07, 6.45) is 24.0. The van der Waals surface area contributed by atoms with Crippen LogP contribution in [-0.2, 0) is 46.3 Å². The first-order chi connectivity index (χ1) is 31.4. The number of nitrogen functional groups attached to an aromatic ring is 1. The molecule has 0 aliphatic carbocycles. The number of ether oxygens (including phenoxy) is 3. The quantitative estimate of drug-likeness (QED) is 0.0129. The van der Waals surface area contributed by atoms with E-state index in [2.05, 4.69) is 42.2 Å². The van der Waals surface area contributed by atoms with E-state index in [1.807, 2.05) is 36.5 Å². The standard InChI is InChI=1S/C45H73N3O16P2/c1-4-5-6-7-16-21-26-36(49)27-22-17-12-8-9-13-18-23-28-40(50)59-32-37(62-41(51)29-24-19-14-10-11-15-20-25-35(2)3)33-60-65(55,56)64-66(57,58)61-34-38-42(52)43(53)44(63-38)48-31-30-39(46)47-45(48)54/h5-6,9,12-13,16-17,21-22,27,30-31,35-38,42-44,49,52-53H,4,7-8,10-11,14-15,18-20,23-26,28-29,32-34H2,1-3H3,(H,55,56)(H,57,58)(H2,46,47,54)/b6-5-,13-9-,17-12-,21-16-,27-22+/t36?,37-,38-,42-,43-,44-/m1/s1. The summed E-state index contributed by atoms with van der Waals surface area (Å²) in [4.78, 5) is 61.6. The Labute approximate surface area is 388 Å². The highest BCUT2D eigenvalue weighted by molar-refractivity contribution is 7.61. The van der Waals surface area contributed by atoms with Gasteiger partial charge in [0, 0.05) is 19.0 Å². The summed E-state index contributed by atoms with van der Waals surface area (Å²) in [5.74, 6) is -0.745. The third-order valence-corrected chi connectivity index (χ3v) is 12.5. The van der Waals surface area contributed by atoms with Gasteiger partial charge in [-0.05, 0) is 56.9 Å². The third-order valence-electron chi connectivity index (χ3n) is 9.88. The van der Waals surface area contributed by atoms with Crippen LogP contribution < -0.4 is 11.4 Å². The minimum Gasteiger partial charge on any atom is -0.462 e.